The molecule has 2 aromatic rings. The summed E-state index contributed by atoms with van der Waals surface area (Å²) in [5, 5.41) is 9.41. The number of nitriles is 1. The van der Waals surface area contributed by atoms with E-state index >= 15 is 0 Å². The summed E-state index contributed by atoms with van der Waals surface area (Å²) >= 11 is 0. The fraction of sp³-hybridized carbons (Fsp3) is 0.294. The molecule has 0 bridgehead atoms. The third-order valence-electron chi connectivity index (χ3n) is 4.01. The van der Waals surface area contributed by atoms with Gasteiger partial charge in [-0.1, -0.05) is 12.1 Å². The average molecular weight is 264 g/mol. The van der Waals surface area contributed by atoms with Crippen molar-refractivity contribution in [2.45, 2.75) is 33.1 Å². The lowest BCUT2D eigenvalue weighted by Gasteiger charge is -2.17. The molecular weight excluding hydrogens is 248 g/mol. The van der Waals surface area contributed by atoms with Crippen molar-refractivity contribution in [3.8, 4) is 11.8 Å². The van der Waals surface area contributed by atoms with E-state index in [1.165, 1.54) is 0 Å². The highest BCUT2D eigenvalue weighted by molar-refractivity contribution is 5.98. The second kappa shape index (κ2) is 4.64. The number of rotatable bonds is 1. The molecule has 0 amide bonds. The molecule has 1 heterocycles. The summed E-state index contributed by atoms with van der Waals surface area (Å²) in [6.45, 7) is 3.94. The molecule has 1 aliphatic rings. The van der Waals surface area contributed by atoms with Crippen LogP contribution in [0.25, 0.3) is 5.69 Å². The highest BCUT2D eigenvalue weighted by Crippen LogP contribution is 2.30. The Morgan fingerprint density at radius 2 is 2.05 bits per heavy atom. The SMILES string of the molecule is Cc1cccc(-n2c(C)cc3c2CCCC3=O)c1C#N. The zero-order valence-electron chi connectivity index (χ0n) is 11.7. The molecule has 1 aliphatic carbocycles. The highest BCUT2D eigenvalue weighted by Gasteiger charge is 2.24. The van der Waals surface area contributed by atoms with Gasteiger partial charge in [-0.15, -0.1) is 0 Å². The third kappa shape index (κ3) is 1.77. The predicted molar refractivity (Wildman–Crippen MR) is 77.2 cm³/mol. The van der Waals surface area contributed by atoms with Crippen LogP contribution < -0.4 is 0 Å². The van der Waals surface area contributed by atoms with Crippen LogP contribution in [0, 0.1) is 25.2 Å². The predicted octanol–water partition coefficient (Wildman–Crippen LogP) is 3.48. The van der Waals surface area contributed by atoms with Crippen molar-refractivity contribution in [2.24, 2.45) is 0 Å². The topological polar surface area (TPSA) is 45.8 Å². The highest BCUT2D eigenvalue weighted by atomic mass is 16.1. The Hall–Kier alpha value is -2.34. The van der Waals surface area contributed by atoms with Crippen LogP contribution >= 0.6 is 0 Å². The number of hydrogen-bond acceptors (Lipinski definition) is 2. The van der Waals surface area contributed by atoms with E-state index < -0.39 is 0 Å². The van der Waals surface area contributed by atoms with Gasteiger partial charge in [0.2, 0.25) is 0 Å². The van der Waals surface area contributed by atoms with Crippen LogP contribution in [-0.4, -0.2) is 10.4 Å². The van der Waals surface area contributed by atoms with Crippen molar-refractivity contribution >= 4 is 5.78 Å². The number of benzene rings is 1. The molecule has 0 radical (unpaired) electrons. The summed E-state index contributed by atoms with van der Waals surface area (Å²) in [5.74, 6) is 0.222. The van der Waals surface area contributed by atoms with E-state index in [1.807, 2.05) is 38.1 Å². The number of aryl methyl sites for hydroxylation is 2. The summed E-state index contributed by atoms with van der Waals surface area (Å²) in [5.41, 5.74) is 5.45. The van der Waals surface area contributed by atoms with E-state index in [0.29, 0.717) is 12.0 Å². The molecule has 100 valence electrons. The van der Waals surface area contributed by atoms with E-state index in [4.69, 9.17) is 0 Å². The van der Waals surface area contributed by atoms with Crippen LogP contribution in [-0.2, 0) is 6.42 Å². The zero-order valence-corrected chi connectivity index (χ0v) is 11.7. The summed E-state index contributed by atoms with van der Waals surface area (Å²) in [6.07, 6.45) is 2.42. The van der Waals surface area contributed by atoms with Crippen LogP contribution in [0.3, 0.4) is 0 Å². The first-order valence-electron chi connectivity index (χ1n) is 6.88. The lowest BCUT2D eigenvalue weighted by atomic mass is 9.96. The van der Waals surface area contributed by atoms with Gasteiger partial charge in [-0.3, -0.25) is 4.79 Å². The fourth-order valence-corrected chi connectivity index (χ4v) is 3.05. The quantitative estimate of drug-likeness (QED) is 0.791. The Bertz CT molecular complexity index is 747. The first-order chi connectivity index (χ1) is 9.63. The van der Waals surface area contributed by atoms with E-state index in [0.717, 1.165) is 41.0 Å². The number of aromatic nitrogens is 1. The first-order valence-corrected chi connectivity index (χ1v) is 6.88. The second-order valence-corrected chi connectivity index (χ2v) is 5.34. The van der Waals surface area contributed by atoms with Crippen LogP contribution in [0.2, 0.25) is 0 Å². The molecule has 20 heavy (non-hydrogen) atoms. The summed E-state index contributed by atoms with van der Waals surface area (Å²) in [7, 11) is 0. The summed E-state index contributed by atoms with van der Waals surface area (Å²) < 4.78 is 2.08. The molecule has 1 aromatic carbocycles. The van der Waals surface area contributed by atoms with Crippen LogP contribution in [0.15, 0.2) is 24.3 Å². The van der Waals surface area contributed by atoms with Crippen LogP contribution in [0.5, 0.6) is 0 Å². The number of fused-ring (bicyclic) bond motifs is 1. The van der Waals surface area contributed by atoms with Crippen molar-refractivity contribution in [2.75, 3.05) is 0 Å². The lowest BCUT2D eigenvalue weighted by molar-refractivity contribution is 0.0972. The molecule has 0 unspecified atom stereocenters. The minimum atomic E-state index is 0.222. The standard InChI is InChI=1S/C17H16N2O/c1-11-5-3-6-16(14(11)10-18)19-12(2)9-13-15(19)7-4-8-17(13)20/h3,5-6,9H,4,7-8H2,1-2H3. The largest absolute Gasteiger partial charge is 0.316 e. The Balaban J connectivity index is 2.30. The van der Waals surface area contributed by atoms with Gasteiger partial charge < -0.3 is 4.57 Å². The number of carbonyl (C=O) groups excluding carboxylic acids is 1. The lowest BCUT2D eigenvalue weighted by Crippen LogP contribution is -2.13. The van der Waals surface area contributed by atoms with Crippen molar-refractivity contribution in [3.63, 3.8) is 0 Å². The maximum absolute atomic E-state index is 12.0. The maximum Gasteiger partial charge on any atom is 0.164 e. The normalized spacial score (nSPS) is 13.9. The molecule has 0 saturated carbocycles. The third-order valence-corrected chi connectivity index (χ3v) is 4.01. The van der Waals surface area contributed by atoms with Gasteiger partial charge in [0.15, 0.2) is 5.78 Å². The first kappa shape index (κ1) is 12.7. The molecule has 0 spiro atoms. The maximum atomic E-state index is 12.0. The van der Waals surface area contributed by atoms with Crippen LogP contribution in [0.4, 0.5) is 0 Å². The van der Waals surface area contributed by atoms with E-state index in [9.17, 15) is 10.1 Å². The van der Waals surface area contributed by atoms with Crippen molar-refractivity contribution in [1.29, 1.82) is 5.26 Å². The van der Waals surface area contributed by atoms with Crippen molar-refractivity contribution in [3.05, 3.63) is 52.3 Å². The molecule has 3 nitrogen and oxygen atoms in total. The second-order valence-electron chi connectivity index (χ2n) is 5.34. The molecular formula is C17H16N2O. The molecule has 3 rings (SSSR count). The minimum Gasteiger partial charge on any atom is -0.316 e. The van der Waals surface area contributed by atoms with Gasteiger partial charge in [-0.2, -0.15) is 5.26 Å². The molecule has 0 aliphatic heterocycles. The number of nitrogens with zero attached hydrogens (tertiary/aromatic N) is 2. The van der Waals surface area contributed by atoms with Gasteiger partial charge in [0, 0.05) is 23.4 Å². The van der Waals surface area contributed by atoms with Gasteiger partial charge >= 0.3 is 0 Å². The fourth-order valence-electron chi connectivity index (χ4n) is 3.05. The zero-order chi connectivity index (χ0) is 14.3. The molecule has 0 fully saturated rings. The number of hydrogen-bond donors (Lipinski definition) is 0. The minimum absolute atomic E-state index is 0.222. The van der Waals surface area contributed by atoms with Crippen molar-refractivity contribution in [1.82, 2.24) is 4.57 Å². The summed E-state index contributed by atoms with van der Waals surface area (Å²) in [6, 6.07) is 10.1. The number of ketones is 1. The monoisotopic (exact) mass is 264 g/mol. The van der Waals surface area contributed by atoms with E-state index in [2.05, 4.69) is 10.6 Å². The number of Topliss-reactive ketones (excluding diaryl/α,β-unsaturated/α-hetero) is 1. The van der Waals surface area contributed by atoms with Crippen LogP contribution in [0.1, 0.15) is 45.7 Å². The Kier molecular flexibility index (Phi) is 2.94. The van der Waals surface area contributed by atoms with Gasteiger partial charge in [0.05, 0.1) is 11.3 Å². The molecule has 3 heteroatoms. The Morgan fingerprint density at radius 3 is 2.80 bits per heavy atom. The smallest absolute Gasteiger partial charge is 0.164 e. The van der Waals surface area contributed by atoms with Gasteiger partial charge in [0.1, 0.15) is 6.07 Å². The van der Waals surface area contributed by atoms with Gasteiger partial charge in [-0.05, 0) is 44.4 Å². The summed E-state index contributed by atoms with van der Waals surface area (Å²) in [4.78, 5) is 12.0. The average Bonchev–Trinajstić information content (AvgIpc) is 2.76. The van der Waals surface area contributed by atoms with Gasteiger partial charge in [-0.25, -0.2) is 0 Å². The molecule has 0 N–H and O–H groups in total. The molecule has 1 aromatic heterocycles. The molecule has 0 atom stereocenters. The van der Waals surface area contributed by atoms with Crippen molar-refractivity contribution < 1.29 is 4.79 Å². The van der Waals surface area contributed by atoms with Gasteiger partial charge in [0.25, 0.3) is 0 Å². The molecule has 0 saturated heterocycles. The Morgan fingerprint density at radius 1 is 1.25 bits per heavy atom. The number of carbonyl (C=O) groups is 1. The van der Waals surface area contributed by atoms with E-state index in [-0.39, 0.29) is 5.78 Å². The van der Waals surface area contributed by atoms with E-state index in [1.54, 1.807) is 0 Å². The Labute approximate surface area is 118 Å².